The lowest BCUT2D eigenvalue weighted by molar-refractivity contribution is -0.135. The van der Waals surface area contributed by atoms with Crippen molar-refractivity contribution in [1.82, 2.24) is 15.6 Å². The maximum absolute atomic E-state index is 13.0. The second-order valence-electron chi connectivity index (χ2n) is 10.2. The van der Waals surface area contributed by atoms with Crippen LogP contribution in [0.4, 0.5) is 5.82 Å². The molecule has 3 fully saturated rings. The van der Waals surface area contributed by atoms with Crippen molar-refractivity contribution < 1.29 is 14.3 Å². The molecule has 1 aromatic heterocycles. The van der Waals surface area contributed by atoms with E-state index in [9.17, 15) is 9.59 Å². The maximum atomic E-state index is 13.0. The smallest absolute Gasteiger partial charge is 0.263 e. The predicted octanol–water partition coefficient (Wildman–Crippen LogP) is 4.10. The lowest BCUT2D eigenvalue weighted by Gasteiger charge is -2.40. The van der Waals surface area contributed by atoms with Gasteiger partial charge in [-0.2, -0.15) is 0 Å². The molecule has 1 saturated carbocycles. The molecule has 2 saturated heterocycles. The summed E-state index contributed by atoms with van der Waals surface area (Å²) in [5.74, 6) is 1.35. The van der Waals surface area contributed by atoms with Crippen molar-refractivity contribution in [2.24, 2.45) is 0 Å². The fraction of sp³-hybridized carbons (Fsp3) is 0.500. The number of halogens is 1. The van der Waals surface area contributed by atoms with Crippen LogP contribution in [0.1, 0.15) is 62.7 Å². The van der Waals surface area contributed by atoms with Crippen LogP contribution in [0, 0.1) is 0 Å². The Morgan fingerprint density at radius 2 is 1.65 bits per heavy atom. The van der Waals surface area contributed by atoms with E-state index in [1.165, 1.54) is 0 Å². The lowest BCUT2D eigenvalue weighted by Crippen LogP contribution is -2.55. The monoisotopic (exact) mass is 482 g/mol. The lowest BCUT2D eigenvalue weighted by atomic mass is 9.96. The van der Waals surface area contributed by atoms with Crippen LogP contribution in [0.15, 0.2) is 42.6 Å². The fourth-order valence-electron chi connectivity index (χ4n) is 5.04. The molecule has 1 aromatic carbocycles. The average Bonchev–Trinajstić information content (AvgIpc) is 3.58. The first-order valence-corrected chi connectivity index (χ1v) is 12.5. The number of carbonyl (C=O) groups is 2. The van der Waals surface area contributed by atoms with E-state index in [4.69, 9.17) is 16.3 Å². The first-order valence-electron chi connectivity index (χ1n) is 12.1. The van der Waals surface area contributed by atoms with E-state index < -0.39 is 5.60 Å². The van der Waals surface area contributed by atoms with Crippen molar-refractivity contribution in [3.8, 4) is 5.75 Å². The molecule has 3 heterocycles. The van der Waals surface area contributed by atoms with E-state index in [-0.39, 0.29) is 17.9 Å². The Morgan fingerprint density at radius 1 is 0.971 bits per heavy atom. The molecule has 7 nitrogen and oxygen atoms in total. The zero-order valence-corrected chi connectivity index (χ0v) is 20.3. The molecule has 5 rings (SSSR count). The summed E-state index contributed by atoms with van der Waals surface area (Å²) in [6.45, 7) is 3.57. The van der Waals surface area contributed by atoms with Gasteiger partial charge in [0.05, 0.1) is 5.56 Å². The molecule has 2 bridgehead atoms. The van der Waals surface area contributed by atoms with Crippen molar-refractivity contribution >= 4 is 29.2 Å². The van der Waals surface area contributed by atoms with Gasteiger partial charge in [0.1, 0.15) is 11.6 Å². The van der Waals surface area contributed by atoms with E-state index in [0.29, 0.717) is 34.5 Å². The minimum absolute atomic E-state index is 0.0469. The SMILES string of the molecule is CC(C)(Oc1ccc(Cl)cc1)C(=O)NC1CC2CCC(C1)N2c1ccc(C(=O)NC2CC2)cn1. The van der Waals surface area contributed by atoms with Crippen molar-refractivity contribution in [2.75, 3.05) is 4.90 Å². The first kappa shape index (κ1) is 23.0. The van der Waals surface area contributed by atoms with E-state index in [0.717, 1.165) is 44.3 Å². The second-order valence-corrected chi connectivity index (χ2v) is 10.6. The van der Waals surface area contributed by atoms with E-state index in [1.54, 1.807) is 44.3 Å². The van der Waals surface area contributed by atoms with Crippen molar-refractivity contribution in [2.45, 2.75) is 82.1 Å². The molecule has 0 radical (unpaired) electrons. The first-order chi connectivity index (χ1) is 16.3. The number of piperidine rings is 1. The van der Waals surface area contributed by atoms with Crippen molar-refractivity contribution in [3.05, 3.63) is 53.2 Å². The third-order valence-corrected chi connectivity index (χ3v) is 7.24. The molecule has 2 aliphatic heterocycles. The predicted molar refractivity (Wildman–Crippen MR) is 131 cm³/mol. The van der Waals surface area contributed by atoms with Crippen LogP contribution in [-0.4, -0.2) is 46.6 Å². The topological polar surface area (TPSA) is 83.6 Å². The summed E-state index contributed by atoms with van der Waals surface area (Å²) in [7, 11) is 0. The number of nitrogens with one attached hydrogen (secondary N) is 2. The summed E-state index contributed by atoms with van der Waals surface area (Å²) >= 11 is 5.94. The summed E-state index contributed by atoms with van der Waals surface area (Å²) < 4.78 is 5.95. The van der Waals surface area contributed by atoms with Crippen LogP contribution in [-0.2, 0) is 4.79 Å². The molecule has 2 aromatic rings. The zero-order valence-electron chi connectivity index (χ0n) is 19.6. The Morgan fingerprint density at radius 3 is 2.24 bits per heavy atom. The Kier molecular flexibility index (Phi) is 6.15. The average molecular weight is 483 g/mol. The van der Waals surface area contributed by atoms with E-state index in [2.05, 4.69) is 20.5 Å². The Hall–Kier alpha value is -2.80. The minimum Gasteiger partial charge on any atom is -0.478 e. The largest absolute Gasteiger partial charge is 0.478 e. The number of anilines is 1. The number of pyridine rings is 1. The number of amides is 2. The van der Waals surface area contributed by atoms with Crippen LogP contribution < -0.4 is 20.3 Å². The van der Waals surface area contributed by atoms with Gasteiger partial charge in [-0.05, 0) is 88.8 Å². The van der Waals surface area contributed by atoms with Crippen LogP contribution >= 0.6 is 11.6 Å². The molecule has 34 heavy (non-hydrogen) atoms. The van der Waals surface area contributed by atoms with Crippen LogP contribution in [0.2, 0.25) is 5.02 Å². The summed E-state index contributed by atoms with van der Waals surface area (Å²) in [4.78, 5) is 32.3. The Bertz CT molecular complexity index is 1040. The van der Waals surface area contributed by atoms with Gasteiger partial charge in [-0.3, -0.25) is 9.59 Å². The van der Waals surface area contributed by atoms with Gasteiger partial charge in [-0.25, -0.2) is 4.98 Å². The van der Waals surface area contributed by atoms with Crippen LogP contribution in [0.5, 0.6) is 5.75 Å². The number of fused-ring (bicyclic) bond motifs is 2. The Balaban J connectivity index is 1.19. The van der Waals surface area contributed by atoms with Crippen LogP contribution in [0.25, 0.3) is 0 Å². The van der Waals surface area contributed by atoms with Crippen LogP contribution in [0.3, 0.4) is 0 Å². The van der Waals surface area contributed by atoms with Crippen molar-refractivity contribution in [1.29, 1.82) is 0 Å². The Labute approximate surface area is 205 Å². The molecule has 2 N–H and O–H groups in total. The van der Waals surface area contributed by atoms with Gasteiger partial charge in [0, 0.05) is 35.4 Å². The number of benzene rings is 1. The molecule has 180 valence electrons. The molecule has 2 atom stereocenters. The fourth-order valence-corrected chi connectivity index (χ4v) is 5.17. The third-order valence-electron chi connectivity index (χ3n) is 6.99. The molecular weight excluding hydrogens is 452 g/mol. The van der Waals surface area contributed by atoms with Gasteiger partial charge in [0.25, 0.3) is 11.8 Å². The number of ether oxygens (including phenoxy) is 1. The number of hydrogen-bond donors (Lipinski definition) is 2. The zero-order chi connectivity index (χ0) is 23.9. The van der Waals surface area contributed by atoms with Gasteiger partial charge < -0.3 is 20.3 Å². The summed E-state index contributed by atoms with van der Waals surface area (Å²) in [5.41, 5.74) is -0.393. The van der Waals surface area contributed by atoms with Gasteiger partial charge in [0.15, 0.2) is 5.60 Å². The van der Waals surface area contributed by atoms with E-state index in [1.807, 2.05) is 12.1 Å². The minimum atomic E-state index is -0.998. The summed E-state index contributed by atoms with van der Waals surface area (Å²) in [6.07, 6.45) is 7.69. The molecule has 8 heteroatoms. The molecule has 1 aliphatic carbocycles. The van der Waals surface area contributed by atoms with Gasteiger partial charge in [0.2, 0.25) is 0 Å². The normalized spacial score (nSPS) is 24.0. The quantitative estimate of drug-likeness (QED) is 0.620. The van der Waals surface area contributed by atoms with Gasteiger partial charge in [-0.1, -0.05) is 11.6 Å². The molecular formula is C26H31ClN4O3. The molecule has 2 amide bonds. The standard InChI is InChI=1S/C26H31ClN4O3/c1-26(2,34-22-10-4-17(27)5-11-22)25(33)30-19-13-20-8-9-21(14-19)31(20)23-12-3-16(15-28-23)24(32)29-18-6-7-18/h3-5,10-12,15,18-21H,6-9,13-14H2,1-2H3,(H,29,32)(H,30,33). The summed E-state index contributed by atoms with van der Waals surface area (Å²) in [6, 6.07) is 11.9. The third kappa shape index (κ3) is 4.99. The molecule has 0 spiro atoms. The number of carbonyl (C=O) groups excluding carboxylic acids is 2. The number of hydrogen-bond acceptors (Lipinski definition) is 5. The molecule has 3 aliphatic rings. The highest BCUT2D eigenvalue weighted by Gasteiger charge is 2.43. The van der Waals surface area contributed by atoms with Gasteiger partial charge >= 0.3 is 0 Å². The molecule has 2 unspecified atom stereocenters. The number of nitrogens with zero attached hydrogens (tertiary/aromatic N) is 2. The number of rotatable bonds is 7. The highest BCUT2D eigenvalue weighted by molar-refractivity contribution is 6.30. The highest BCUT2D eigenvalue weighted by atomic mass is 35.5. The van der Waals surface area contributed by atoms with Gasteiger partial charge in [-0.15, -0.1) is 0 Å². The second kappa shape index (κ2) is 9.10. The summed E-state index contributed by atoms with van der Waals surface area (Å²) in [5, 5.41) is 6.85. The highest BCUT2D eigenvalue weighted by Crippen LogP contribution is 2.38. The number of aromatic nitrogens is 1. The maximum Gasteiger partial charge on any atom is 0.263 e. The van der Waals surface area contributed by atoms with Crippen molar-refractivity contribution in [3.63, 3.8) is 0 Å². The van der Waals surface area contributed by atoms with E-state index >= 15 is 0 Å².